The molecule has 0 amide bonds. The van der Waals surface area contributed by atoms with Gasteiger partial charge < -0.3 is 0 Å². The average Bonchev–Trinajstić information content (AvgIpc) is 2.85. The van der Waals surface area contributed by atoms with Gasteiger partial charge >= 0.3 is 0 Å². The van der Waals surface area contributed by atoms with Crippen LogP contribution in [-0.4, -0.2) is 9.78 Å². The fourth-order valence-electron chi connectivity index (χ4n) is 2.48. The predicted octanol–water partition coefficient (Wildman–Crippen LogP) is 3.12. The Morgan fingerprint density at radius 2 is 2.06 bits per heavy atom. The maximum absolute atomic E-state index is 8.81. The van der Waals surface area contributed by atoms with Crippen molar-refractivity contribution < 1.29 is 0 Å². The van der Waals surface area contributed by atoms with Crippen molar-refractivity contribution >= 4 is 5.57 Å². The predicted molar refractivity (Wildman–Crippen MR) is 70.1 cm³/mol. The van der Waals surface area contributed by atoms with Crippen LogP contribution < -0.4 is 0 Å². The molecule has 1 aliphatic carbocycles. The van der Waals surface area contributed by atoms with Gasteiger partial charge in [-0.2, -0.15) is 10.4 Å². The first-order valence-corrected chi connectivity index (χ1v) is 6.11. The van der Waals surface area contributed by atoms with Gasteiger partial charge in [0.2, 0.25) is 0 Å². The highest BCUT2D eigenvalue weighted by Crippen LogP contribution is 2.31. The number of hydrogen-bond acceptors (Lipinski definition) is 2. The van der Waals surface area contributed by atoms with Crippen molar-refractivity contribution in [2.75, 3.05) is 0 Å². The third kappa shape index (κ3) is 1.72. The second-order valence-corrected chi connectivity index (χ2v) is 4.40. The molecule has 1 aromatic heterocycles. The molecule has 88 valence electrons. The fourth-order valence-corrected chi connectivity index (χ4v) is 2.48. The third-order valence-electron chi connectivity index (χ3n) is 3.31. The standard InChI is InChI=1S/C15H13N3/c16-10-9-12-5-4-8-15-14(12)11-17-18(15)13-6-2-1-3-7-13/h1-3,6-7,9,11H,4-5,8H2/b12-9+. The van der Waals surface area contributed by atoms with E-state index in [1.54, 1.807) is 6.08 Å². The van der Waals surface area contributed by atoms with Crippen LogP contribution in [0, 0.1) is 11.3 Å². The van der Waals surface area contributed by atoms with E-state index >= 15 is 0 Å². The molecule has 3 heteroatoms. The molecule has 0 radical (unpaired) electrons. The van der Waals surface area contributed by atoms with E-state index in [0.717, 1.165) is 36.1 Å². The number of para-hydroxylation sites is 1. The van der Waals surface area contributed by atoms with Gasteiger partial charge in [-0.1, -0.05) is 18.2 Å². The first kappa shape index (κ1) is 10.8. The second-order valence-electron chi connectivity index (χ2n) is 4.40. The van der Waals surface area contributed by atoms with Crippen LogP contribution in [0.25, 0.3) is 11.3 Å². The smallest absolute Gasteiger partial charge is 0.0915 e. The quantitative estimate of drug-likeness (QED) is 0.713. The molecule has 0 aliphatic heterocycles. The van der Waals surface area contributed by atoms with E-state index in [-0.39, 0.29) is 0 Å². The van der Waals surface area contributed by atoms with Crippen LogP contribution in [0.4, 0.5) is 0 Å². The van der Waals surface area contributed by atoms with Crippen molar-refractivity contribution in [1.29, 1.82) is 5.26 Å². The monoisotopic (exact) mass is 235 g/mol. The lowest BCUT2D eigenvalue weighted by atomic mass is 9.92. The molecule has 0 N–H and O–H groups in total. The van der Waals surface area contributed by atoms with Crippen molar-refractivity contribution in [3.05, 3.63) is 53.9 Å². The minimum Gasteiger partial charge on any atom is -0.237 e. The molecule has 3 nitrogen and oxygen atoms in total. The van der Waals surface area contributed by atoms with E-state index in [9.17, 15) is 0 Å². The van der Waals surface area contributed by atoms with Crippen LogP contribution in [0.5, 0.6) is 0 Å². The van der Waals surface area contributed by atoms with Crippen molar-refractivity contribution in [2.24, 2.45) is 0 Å². The van der Waals surface area contributed by atoms with Gasteiger partial charge in [0.05, 0.1) is 23.6 Å². The number of hydrogen-bond donors (Lipinski definition) is 0. The lowest BCUT2D eigenvalue weighted by molar-refractivity contribution is 0.738. The molecule has 1 aromatic carbocycles. The minimum absolute atomic E-state index is 0.973. The summed E-state index contributed by atoms with van der Waals surface area (Å²) in [6.45, 7) is 0. The summed E-state index contributed by atoms with van der Waals surface area (Å²) in [7, 11) is 0. The summed E-state index contributed by atoms with van der Waals surface area (Å²) in [5.41, 5.74) is 4.54. The molecule has 3 rings (SSSR count). The SMILES string of the molecule is N#C/C=C1\CCCc2c1cnn2-c1ccccc1. The number of nitrogens with zero attached hydrogens (tertiary/aromatic N) is 3. The number of rotatable bonds is 1. The molecule has 1 heterocycles. The maximum atomic E-state index is 8.81. The van der Waals surface area contributed by atoms with Crippen LogP contribution in [0.15, 0.2) is 42.6 Å². The number of aromatic nitrogens is 2. The Hall–Kier alpha value is -2.34. The highest BCUT2D eigenvalue weighted by atomic mass is 15.3. The first-order valence-electron chi connectivity index (χ1n) is 6.11. The van der Waals surface area contributed by atoms with Gasteiger partial charge in [-0.3, -0.25) is 0 Å². The Labute approximate surface area is 106 Å². The van der Waals surface area contributed by atoms with Crippen LogP contribution in [0.2, 0.25) is 0 Å². The zero-order chi connectivity index (χ0) is 12.4. The number of fused-ring (bicyclic) bond motifs is 1. The van der Waals surface area contributed by atoms with E-state index in [0.29, 0.717) is 0 Å². The van der Waals surface area contributed by atoms with Gasteiger partial charge in [-0.25, -0.2) is 4.68 Å². The van der Waals surface area contributed by atoms with Gasteiger partial charge in [0, 0.05) is 11.6 Å². The molecule has 0 bridgehead atoms. The molecule has 0 unspecified atom stereocenters. The maximum Gasteiger partial charge on any atom is 0.0915 e. The van der Waals surface area contributed by atoms with Crippen LogP contribution in [0.3, 0.4) is 0 Å². The van der Waals surface area contributed by atoms with E-state index in [1.807, 2.05) is 29.1 Å². The molecule has 0 atom stereocenters. The number of benzene rings is 1. The third-order valence-corrected chi connectivity index (χ3v) is 3.31. The van der Waals surface area contributed by atoms with Gasteiger partial charge in [0.15, 0.2) is 0 Å². The van der Waals surface area contributed by atoms with Crippen molar-refractivity contribution in [2.45, 2.75) is 19.3 Å². The molecular weight excluding hydrogens is 222 g/mol. The normalized spacial score (nSPS) is 16.3. The lowest BCUT2D eigenvalue weighted by Crippen LogP contribution is -2.07. The Balaban J connectivity index is 2.11. The summed E-state index contributed by atoms with van der Waals surface area (Å²) >= 11 is 0. The Morgan fingerprint density at radius 3 is 2.83 bits per heavy atom. The molecule has 2 aromatic rings. The van der Waals surface area contributed by atoms with Crippen LogP contribution in [0.1, 0.15) is 24.1 Å². The van der Waals surface area contributed by atoms with Crippen LogP contribution in [-0.2, 0) is 6.42 Å². The summed E-state index contributed by atoms with van der Waals surface area (Å²) in [6, 6.07) is 12.3. The largest absolute Gasteiger partial charge is 0.237 e. The molecule has 18 heavy (non-hydrogen) atoms. The molecule has 0 fully saturated rings. The summed E-state index contributed by atoms with van der Waals surface area (Å²) < 4.78 is 1.99. The van der Waals surface area contributed by atoms with Crippen LogP contribution >= 0.6 is 0 Å². The zero-order valence-electron chi connectivity index (χ0n) is 10.0. The Kier molecular flexibility index (Phi) is 2.70. The van der Waals surface area contributed by atoms with Crippen molar-refractivity contribution in [3.63, 3.8) is 0 Å². The average molecular weight is 235 g/mol. The van der Waals surface area contributed by atoms with E-state index in [2.05, 4.69) is 23.3 Å². The highest BCUT2D eigenvalue weighted by molar-refractivity contribution is 5.70. The number of allylic oxidation sites excluding steroid dienone is 2. The second kappa shape index (κ2) is 4.50. The Morgan fingerprint density at radius 1 is 1.22 bits per heavy atom. The molecule has 0 spiro atoms. The van der Waals surface area contributed by atoms with E-state index in [4.69, 9.17) is 5.26 Å². The Bertz CT molecular complexity index is 630. The van der Waals surface area contributed by atoms with E-state index in [1.165, 1.54) is 5.69 Å². The van der Waals surface area contributed by atoms with Gasteiger partial charge in [0.1, 0.15) is 0 Å². The number of nitriles is 1. The van der Waals surface area contributed by atoms with Gasteiger partial charge in [-0.15, -0.1) is 0 Å². The van der Waals surface area contributed by atoms with E-state index < -0.39 is 0 Å². The topological polar surface area (TPSA) is 41.6 Å². The van der Waals surface area contributed by atoms with Crippen molar-refractivity contribution in [1.82, 2.24) is 9.78 Å². The van der Waals surface area contributed by atoms with Gasteiger partial charge in [0.25, 0.3) is 0 Å². The fraction of sp³-hybridized carbons (Fsp3) is 0.200. The molecule has 0 saturated heterocycles. The molecular formula is C15H13N3. The highest BCUT2D eigenvalue weighted by Gasteiger charge is 2.19. The summed E-state index contributed by atoms with van der Waals surface area (Å²) in [6.07, 6.45) is 6.60. The first-order chi connectivity index (χ1) is 8.90. The lowest BCUT2D eigenvalue weighted by Gasteiger charge is -2.16. The molecule has 0 saturated carbocycles. The van der Waals surface area contributed by atoms with Crippen molar-refractivity contribution in [3.8, 4) is 11.8 Å². The summed E-state index contributed by atoms with van der Waals surface area (Å²) in [5.74, 6) is 0. The minimum atomic E-state index is 0.973. The summed E-state index contributed by atoms with van der Waals surface area (Å²) in [4.78, 5) is 0. The van der Waals surface area contributed by atoms with Gasteiger partial charge in [-0.05, 0) is 37.0 Å². The summed E-state index contributed by atoms with van der Waals surface area (Å²) in [5, 5.41) is 13.3. The molecule has 1 aliphatic rings. The zero-order valence-corrected chi connectivity index (χ0v) is 10.0.